The molecule has 0 aromatic carbocycles. The molecule has 2 amide bonds. The fourth-order valence-electron chi connectivity index (χ4n) is 5.56. The van der Waals surface area contributed by atoms with Crippen molar-refractivity contribution in [3.8, 4) is 0 Å². The van der Waals surface area contributed by atoms with Crippen LogP contribution in [-0.4, -0.2) is 50.3 Å². The molecule has 2 saturated carbocycles. The number of likely N-dealkylation sites (tertiary alicyclic amines) is 1. The van der Waals surface area contributed by atoms with Gasteiger partial charge in [-0.05, 0) is 52.4 Å². The van der Waals surface area contributed by atoms with Gasteiger partial charge in [0.1, 0.15) is 17.2 Å². The van der Waals surface area contributed by atoms with Crippen LogP contribution >= 0.6 is 11.3 Å². The highest BCUT2D eigenvalue weighted by Crippen LogP contribution is 2.35. The van der Waals surface area contributed by atoms with E-state index in [-0.39, 0.29) is 23.7 Å². The minimum atomic E-state index is -0.708. The lowest BCUT2D eigenvalue weighted by Crippen LogP contribution is -2.62. The highest BCUT2D eigenvalue weighted by molar-refractivity contribution is 7.15. The second-order valence-corrected chi connectivity index (χ2v) is 11.7. The van der Waals surface area contributed by atoms with E-state index < -0.39 is 5.54 Å². The molecule has 35 heavy (non-hydrogen) atoms. The number of thiazole rings is 1. The van der Waals surface area contributed by atoms with Crippen LogP contribution < -0.4 is 10.6 Å². The number of hydrogen-bond donors (Lipinski definition) is 2. The summed E-state index contributed by atoms with van der Waals surface area (Å²) in [5.74, 6) is 2.12. The standard InChI is InChI=1S/C26H36N6O2S/c1-17-15-21(30-25-27-16-18(2)35-25)29-22(28-17)19-9-13-32(14-10-19)24(34)26(11-4-3-5-12-26)31-23(33)20-7-6-8-20/h15-16,19-20H,3-14H2,1-2H3,(H,31,33)(H,27,28,29,30). The Morgan fingerprint density at radius 3 is 2.40 bits per heavy atom. The first-order chi connectivity index (χ1) is 16.9. The molecule has 0 unspecified atom stereocenters. The number of carbonyl (C=O) groups is 2. The predicted molar refractivity (Wildman–Crippen MR) is 137 cm³/mol. The van der Waals surface area contributed by atoms with Gasteiger partial charge in [0.05, 0.1) is 0 Å². The first kappa shape index (κ1) is 24.2. The molecular formula is C26H36N6O2S. The van der Waals surface area contributed by atoms with Crippen molar-refractivity contribution in [3.63, 3.8) is 0 Å². The van der Waals surface area contributed by atoms with E-state index in [1.54, 1.807) is 11.3 Å². The molecule has 8 nitrogen and oxygen atoms in total. The molecule has 9 heteroatoms. The van der Waals surface area contributed by atoms with Crippen LogP contribution in [0.3, 0.4) is 0 Å². The smallest absolute Gasteiger partial charge is 0.248 e. The minimum Gasteiger partial charge on any atom is -0.341 e. The summed E-state index contributed by atoms with van der Waals surface area (Å²) in [5.41, 5.74) is 0.213. The number of carbonyl (C=O) groups excluding carboxylic acids is 2. The first-order valence-corrected chi connectivity index (χ1v) is 13.9. The van der Waals surface area contributed by atoms with Crippen LogP contribution in [0.15, 0.2) is 12.3 Å². The fourth-order valence-corrected chi connectivity index (χ4v) is 6.23. The summed E-state index contributed by atoms with van der Waals surface area (Å²) in [7, 11) is 0. The van der Waals surface area contributed by atoms with Gasteiger partial charge in [0.15, 0.2) is 5.13 Å². The molecule has 3 heterocycles. The van der Waals surface area contributed by atoms with Gasteiger partial charge >= 0.3 is 0 Å². The van der Waals surface area contributed by atoms with Crippen molar-refractivity contribution in [3.05, 3.63) is 28.7 Å². The number of rotatable bonds is 6. The van der Waals surface area contributed by atoms with E-state index in [9.17, 15) is 9.59 Å². The van der Waals surface area contributed by atoms with Crippen LogP contribution in [0.4, 0.5) is 10.9 Å². The molecule has 3 aliphatic rings. The van der Waals surface area contributed by atoms with Gasteiger partial charge < -0.3 is 15.5 Å². The maximum absolute atomic E-state index is 13.8. The molecule has 2 aromatic heterocycles. The lowest BCUT2D eigenvalue weighted by atomic mass is 9.78. The Morgan fingerprint density at radius 2 is 1.77 bits per heavy atom. The highest BCUT2D eigenvalue weighted by Gasteiger charge is 2.45. The molecule has 1 aliphatic heterocycles. The number of amides is 2. The zero-order chi connectivity index (χ0) is 24.4. The summed E-state index contributed by atoms with van der Waals surface area (Å²) in [4.78, 5) is 43.6. The SMILES string of the molecule is Cc1cc(Nc2ncc(C)s2)nc(C2CCN(C(=O)C3(NC(=O)C4CCC4)CCCCC3)CC2)n1. The lowest BCUT2D eigenvalue weighted by molar-refractivity contribution is -0.146. The van der Waals surface area contributed by atoms with E-state index in [2.05, 4.69) is 15.6 Å². The maximum atomic E-state index is 13.8. The molecule has 5 rings (SSSR count). The topological polar surface area (TPSA) is 100 Å². The summed E-state index contributed by atoms with van der Waals surface area (Å²) in [6, 6.07) is 1.94. The Bertz CT molecular complexity index is 1070. The van der Waals surface area contributed by atoms with Crippen LogP contribution in [0, 0.1) is 19.8 Å². The van der Waals surface area contributed by atoms with Crippen molar-refractivity contribution in [1.29, 1.82) is 0 Å². The number of aryl methyl sites for hydroxylation is 2. The van der Waals surface area contributed by atoms with E-state index in [0.29, 0.717) is 13.1 Å². The van der Waals surface area contributed by atoms with E-state index in [0.717, 1.165) is 91.6 Å². The Hall–Kier alpha value is -2.55. The molecule has 0 spiro atoms. The first-order valence-electron chi connectivity index (χ1n) is 13.1. The summed E-state index contributed by atoms with van der Waals surface area (Å²) in [5, 5.41) is 7.38. The van der Waals surface area contributed by atoms with E-state index in [1.165, 1.54) is 0 Å². The van der Waals surface area contributed by atoms with Crippen LogP contribution in [0.25, 0.3) is 0 Å². The molecule has 2 aromatic rings. The Kier molecular flexibility index (Phi) is 7.05. The quantitative estimate of drug-likeness (QED) is 0.605. The van der Waals surface area contributed by atoms with Gasteiger partial charge in [0.2, 0.25) is 11.8 Å². The molecule has 2 aliphatic carbocycles. The van der Waals surface area contributed by atoms with Gasteiger partial charge in [-0.15, -0.1) is 11.3 Å². The van der Waals surface area contributed by atoms with Gasteiger partial charge in [-0.3, -0.25) is 9.59 Å². The summed E-state index contributed by atoms with van der Waals surface area (Å²) in [6.07, 6.45) is 11.2. The van der Waals surface area contributed by atoms with Crippen LogP contribution in [0.5, 0.6) is 0 Å². The van der Waals surface area contributed by atoms with E-state index >= 15 is 0 Å². The average molecular weight is 497 g/mol. The Balaban J connectivity index is 1.24. The molecule has 0 radical (unpaired) electrons. The predicted octanol–water partition coefficient (Wildman–Crippen LogP) is 4.62. The van der Waals surface area contributed by atoms with E-state index in [1.807, 2.05) is 31.0 Å². The Morgan fingerprint density at radius 1 is 1.03 bits per heavy atom. The fraction of sp³-hybridized carbons (Fsp3) is 0.654. The maximum Gasteiger partial charge on any atom is 0.248 e. The van der Waals surface area contributed by atoms with Crippen molar-refractivity contribution < 1.29 is 9.59 Å². The normalized spacial score (nSPS) is 20.8. The summed E-state index contributed by atoms with van der Waals surface area (Å²) < 4.78 is 0. The lowest BCUT2D eigenvalue weighted by Gasteiger charge is -2.43. The Labute approximate surface area is 211 Å². The third-order valence-electron chi connectivity index (χ3n) is 7.83. The molecular weight excluding hydrogens is 460 g/mol. The molecule has 3 fully saturated rings. The van der Waals surface area contributed by atoms with Crippen molar-refractivity contribution in [2.45, 2.75) is 89.5 Å². The zero-order valence-corrected chi connectivity index (χ0v) is 21.6. The summed E-state index contributed by atoms with van der Waals surface area (Å²) in [6.45, 7) is 5.37. The average Bonchev–Trinajstić information content (AvgIpc) is 3.22. The largest absolute Gasteiger partial charge is 0.341 e. The monoisotopic (exact) mass is 496 g/mol. The minimum absolute atomic E-state index is 0.0880. The molecule has 188 valence electrons. The van der Waals surface area contributed by atoms with Gasteiger partial charge in [-0.1, -0.05) is 25.7 Å². The van der Waals surface area contributed by atoms with Crippen LogP contribution in [-0.2, 0) is 9.59 Å². The number of anilines is 2. The molecule has 2 N–H and O–H groups in total. The molecule has 0 atom stereocenters. The summed E-state index contributed by atoms with van der Waals surface area (Å²) >= 11 is 1.60. The van der Waals surface area contributed by atoms with Crippen molar-refractivity contribution in [2.24, 2.45) is 5.92 Å². The second kappa shape index (κ2) is 10.2. The third kappa shape index (κ3) is 5.34. The van der Waals surface area contributed by atoms with Crippen molar-refractivity contribution in [2.75, 3.05) is 18.4 Å². The van der Waals surface area contributed by atoms with Gasteiger partial charge in [-0.25, -0.2) is 15.0 Å². The molecule has 0 bridgehead atoms. The van der Waals surface area contributed by atoms with Crippen LogP contribution in [0.2, 0.25) is 0 Å². The molecule has 1 saturated heterocycles. The number of aromatic nitrogens is 3. The van der Waals surface area contributed by atoms with Gasteiger partial charge in [0.25, 0.3) is 0 Å². The van der Waals surface area contributed by atoms with Crippen LogP contribution in [0.1, 0.15) is 86.5 Å². The third-order valence-corrected chi connectivity index (χ3v) is 8.66. The number of nitrogens with one attached hydrogen (secondary N) is 2. The number of nitrogens with zero attached hydrogens (tertiary/aromatic N) is 4. The van der Waals surface area contributed by atoms with Gasteiger partial charge in [-0.2, -0.15) is 0 Å². The second-order valence-electron chi connectivity index (χ2n) is 10.5. The van der Waals surface area contributed by atoms with Gasteiger partial charge in [0, 0.05) is 47.8 Å². The van der Waals surface area contributed by atoms with E-state index in [4.69, 9.17) is 9.97 Å². The van der Waals surface area contributed by atoms with Crippen molar-refractivity contribution in [1.82, 2.24) is 25.2 Å². The van der Waals surface area contributed by atoms with Crippen molar-refractivity contribution >= 4 is 34.1 Å². The number of hydrogen-bond acceptors (Lipinski definition) is 7. The number of piperidine rings is 1. The zero-order valence-electron chi connectivity index (χ0n) is 20.8. The highest BCUT2D eigenvalue weighted by atomic mass is 32.1.